The topological polar surface area (TPSA) is 70.0 Å². The second kappa shape index (κ2) is 6.78. The molecular formula is C18H25N3O3S. The second-order valence-electron chi connectivity index (χ2n) is 7.15. The monoisotopic (exact) mass is 363 g/mol. The van der Waals surface area contributed by atoms with Gasteiger partial charge >= 0.3 is 0 Å². The van der Waals surface area contributed by atoms with E-state index >= 15 is 0 Å². The van der Waals surface area contributed by atoms with Crippen LogP contribution < -0.4 is 4.90 Å². The van der Waals surface area contributed by atoms with E-state index in [4.69, 9.17) is 0 Å². The van der Waals surface area contributed by atoms with E-state index in [1.807, 2.05) is 4.90 Å². The fraction of sp³-hybridized carbons (Fsp3) is 0.556. The van der Waals surface area contributed by atoms with Crippen LogP contribution in [0.1, 0.15) is 50.4 Å². The molecule has 7 heteroatoms. The number of rotatable bonds is 3. The van der Waals surface area contributed by atoms with Gasteiger partial charge in [0.05, 0.1) is 5.69 Å². The molecule has 2 aliphatic heterocycles. The highest BCUT2D eigenvalue weighted by molar-refractivity contribution is 7.90. The van der Waals surface area contributed by atoms with Crippen LogP contribution in [0.4, 0.5) is 5.69 Å². The molecule has 1 aromatic rings. The Kier molecular flexibility index (Phi) is 4.86. The van der Waals surface area contributed by atoms with Crippen molar-refractivity contribution in [1.29, 1.82) is 0 Å². The summed E-state index contributed by atoms with van der Waals surface area (Å²) in [5.41, 5.74) is 1.03. The molecule has 0 atom stereocenters. The Morgan fingerprint density at radius 1 is 1.20 bits per heavy atom. The van der Waals surface area contributed by atoms with Crippen molar-refractivity contribution in [3.63, 3.8) is 0 Å². The number of hydrogen-bond donors (Lipinski definition) is 0. The van der Waals surface area contributed by atoms with Crippen LogP contribution in [-0.2, 0) is 10.0 Å². The van der Waals surface area contributed by atoms with Crippen LogP contribution in [0.3, 0.4) is 0 Å². The van der Waals surface area contributed by atoms with Gasteiger partial charge < -0.3 is 9.80 Å². The zero-order valence-electron chi connectivity index (χ0n) is 15.0. The zero-order valence-corrected chi connectivity index (χ0v) is 15.8. The van der Waals surface area contributed by atoms with Gasteiger partial charge in [0.1, 0.15) is 10.7 Å². The van der Waals surface area contributed by atoms with Gasteiger partial charge in [-0.3, -0.25) is 4.79 Å². The van der Waals surface area contributed by atoms with Crippen molar-refractivity contribution in [2.45, 2.75) is 44.9 Å². The third-order valence-electron chi connectivity index (χ3n) is 4.61. The Balaban J connectivity index is 2.00. The normalized spacial score (nSPS) is 19.6. The average Bonchev–Trinajstić information content (AvgIpc) is 2.58. The lowest BCUT2D eigenvalue weighted by Crippen LogP contribution is -2.37. The maximum Gasteiger partial charge on any atom is 0.286 e. The fourth-order valence-electron chi connectivity index (χ4n) is 3.40. The number of carbonyl (C=O) groups excluding carboxylic acids is 1. The average molecular weight is 363 g/mol. The first-order chi connectivity index (χ1) is 11.8. The molecular weight excluding hydrogens is 338 g/mol. The molecule has 1 amide bonds. The molecule has 1 aromatic carbocycles. The van der Waals surface area contributed by atoms with Gasteiger partial charge in [-0.05, 0) is 50.3 Å². The molecule has 6 nitrogen and oxygen atoms in total. The minimum Gasteiger partial charge on any atom is -0.339 e. The predicted octanol–water partition coefficient (Wildman–Crippen LogP) is 2.90. The van der Waals surface area contributed by atoms with Crippen LogP contribution in [0, 0.1) is 5.92 Å². The highest BCUT2D eigenvalue weighted by Gasteiger charge is 2.31. The molecule has 3 rings (SSSR count). The molecule has 1 saturated heterocycles. The Morgan fingerprint density at radius 2 is 1.88 bits per heavy atom. The maximum atomic E-state index is 12.7. The van der Waals surface area contributed by atoms with E-state index in [1.54, 1.807) is 24.0 Å². The van der Waals surface area contributed by atoms with Gasteiger partial charge in [-0.2, -0.15) is 8.42 Å². The number of piperidine rings is 1. The molecule has 0 radical (unpaired) electrons. The third-order valence-corrected chi connectivity index (χ3v) is 6.00. The molecule has 0 saturated carbocycles. The minimum atomic E-state index is -3.77. The van der Waals surface area contributed by atoms with Gasteiger partial charge in [0.15, 0.2) is 0 Å². The Morgan fingerprint density at radius 3 is 2.52 bits per heavy atom. The number of sulfonamides is 1. The number of nitrogens with zero attached hydrogens (tertiary/aromatic N) is 3. The van der Waals surface area contributed by atoms with Crippen molar-refractivity contribution in [2.24, 2.45) is 10.3 Å². The van der Waals surface area contributed by atoms with Gasteiger partial charge in [0, 0.05) is 25.2 Å². The van der Waals surface area contributed by atoms with E-state index in [2.05, 4.69) is 18.2 Å². The summed E-state index contributed by atoms with van der Waals surface area (Å²) >= 11 is 0. The molecule has 0 bridgehead atoms. The number of benzene rings is 1. The summed E-state index contributed by atoms with van der Waals surface area (Å²) in [5, 5.41) is 0. The first kappa shape index (κ1) is 17.9. The van der Waals surface area contributed by atoms with Crippen molar-refractivity contribution in [3.05, 3.63) is 23.8 Å². The van der Waals surface area contributed by atoms with Gasteiger partial charge in [-0.15, -0.1) is 4.40 Å². The Hall–Kier alpha value is -1.89. The molecule has 136 valence electrons. The lowest BCUT2D eigenvalue weighted by molar-refractivity contribution is 0.0724. The van der Waals surface area contributed by atoms with Gasteiger partial charge in [0.2, 0.25) is 0 Å². The van der Waals surface area contributed by atoms with Crippen LogP contribution in [0.5, 0.6) is 0 Å². The van der Waals surface area contributed by atoms with Crippen LogP contribution in [-0.4, -0.2) is 44.7 Å². The summed E-state index contributed by atoms with van der Waals surface area (Å²) < 4.78 is 28.9. The van der Waals surface area contributed by atoms with E-state index in [0.29, 0.717) is 29.5 Å². The number of likely N-dealkylation sites (tertiary alicyclic amines) is 1. The van der Waals surface area contributed by atoms with E-state index in [-0.39, 0.29) is 10.8 Å². The van der Waals surface area contributed by atoms with E-state index in [0.717, 1.165) is 32.4 Å². The van der Waals surface area contributed by atoms with Crippen LogP contribution in [0.25, 0.3) is 0 Å². The first-order valence-electron chi connectivity index (χ1n) is 8.82. The molecule has 2 aliphatic rings. The third kappa shape index (κ3) is 3.56. The summed E-state index contributed by atoms with van der Waals surface area (Å²) in [7, 11) is -3.77. The Labute approximate surface area is 149 Å². The molecule has 0 N–H and O–H groups in total. The number of carbonyl (C=O) groups is 1. The molecule has 2 heterocycles. The van der Waals surface area contributed by atoms with Crippen LogP contribution in [0.15, 0.2) is 27.5 Å². The predicted molar refractivity (Wildman–Crippen MR) is 98.7 cm³/mol. The smallest absolute Gasteiger partial charge is 0.286 e. The minimum absolute atomic E-state index is 0.0978. The standard InChI is InChI=1S/C18H25N3O3S/c1-13(2)12-21-14(3)19-25(23,24)17-11-15(7-8-16(17)21)18(22)20-9-5-4-6-10-20/h7-8,11,13H,4-6,9-10,12H2,1-3H3. The van der Waals surface area contributed by atoms with Crippen molar-refractivity contribution in [1.82, 2.24) is 4.90 Å². The van der Waals surface area contributed by atoms with Crippen molar-refractivity contribution in [2.75, 3.05) is 24.5 Å². The van der Waals surface area contributed by atoms with E-state index < -0.39 is 10.0 Å². The molecule has 0 aromatic heterocycles. The number of anilines is 1. The lowest BCUT2D eigenvalue weighted by Gasteiger charge is -2.31. The summed E-state index contributed by atoms with van der Waals surface area (Å²) in [6, 6.07) is 4.96. The number of amidine groups is 1. The second-order valence-corrected chi connectivity index (χ2v) is 8.73. The highest BCUT2D eigenvalue weighted by Crippen LogP contribution is 2.33. The summed E-state index contributed by atoms with van der Waals surface area (Å²) in [5.74, 6) is 0.726. The van der Waals surface area contributed by atoms with Crippen LogP contribution in [0.2, 0.25) is 0 Å². The molecule has 0 unspecified atom stereocenters. The van der Waals surface area contributed by atoms with E-state index in [1.165, 1.54) is 6.07 Å². The largest absolute Gasteiger partial charge is 0.339 e. The number of amides is 1. The van der Waals surface area contributed by atoms with Crippen LogP contribution >= 0.6 is 0 Å². The molecule has 25 heavy (non-hydrogen) atoms. The van der Waals surface area contributed by atoms with E-state index in [9.17, 15) is 13.2 Å². The molecule has 0 spiro atoms. The van der Waals surface area contributed by atoms with Crippen molar-refractivity contribution >= 4 is 27.5 Å². The highest BCUT2D eigenvalue weighted by atomic mass is 32.2. The summed E-state index contributed by atoms with van der Waals surface area (Å²) in [6.45, 7) is 8.00. The molecule has 1 fully saturated rings. The zero-order chi connectivity index (χ0) is 18.2. The summed E-state index contributed by atoms with van der Waals surface area (Å²) in [4.78, 5) is 16.5. The maximum absolute atomic E-state index is 12.7. The van der Waals surface area contributed by atoms with Crippen molar-refractivity contribution < 1.29 is 13.2 Å². The first-order valence-corrected chi connectivity index (χ1v) is 10.3. The molecule has 0 aliphatic carbocycles. The van der Waals surface area contributed by atoms with Gasteiger partial charge in [0.25, 0.3) is 15.9 Å². The lowest BCUT2D eigenvalue weighted by atomic mass is 10.1. The summed E-state index contributed by atoms with van der Waals surface area (Å²) in [6.07, 6.45) is 3.14. The van der Waals surface area contributed by atoms with Crippen molar-refractivity contribution in [3.8, 4) is 0 Å². The number of hydrogen-bond acceptors (Lipinski definition) is 4. The fourth-order valence-corrected chi connectivity index (χ4v) is 4.66. The number of fused-ring (bicyclic) bond motifs is 1. The SMILES string of the molecule is CC1=NS(=O)(=O)c2cc(C(=O)N3CCCCC3)ccc2N1CC(C)C. The van der Waals surface area contributed by atoms with Gasteiger partial charge in [-0.25, -0.2) is 0 Å². The quantitative estimate of drug-likeness (QED) is 0.828. The van der Waals surface area contributed by atoms with Gasteiger partial charge in [-0.1, -0.05) is 13.8 Å². The Bertz CT molecular complexity index is 809.